The zero-order valence-electron chi connectivity index (χ0n) is 13.8. The summed E-state index contributed by atoms with van der Waals surface area (Å²) in [6.45, 7) is 0.268. The van der Waals surface area contributed by atoms with Gasteiger partial charge < -0.3 is 9.64 Å². The van der Waals surface area contributed by atoms with Crippen molar-refractivity contribution >= 4 is 23.6 Å². The normalized spacial score (nSPS) is 10.1. The average molecular weight is 342 g/mol. The van der Waals surface area contributed by atoms with Crippen LogP contribution in [0.15, 0.2) is 48.5 Å². The molecular formula is C18H18N2O5. The van der Waals surface area contributed by atoms with E-state index in [0.29, 0.717) is 24.9 Å². The van der Waals surface area contributed by atoms with Crippen molar-refractivity contribution in [2.45, 2.75) is 12.8 Å². The second kappa shape index (κ2) is 8.58. The predicted molar refractivity (Wildman–Crippen MR) is 93.1 cm³/mol. The molecule has 2 aromatic carbocycles. The molecular weight excluding hydrogens is 324 g/mol. The van der Waals surface area contributed by atoms with Crippen LogP contribution >= 0.6 is 0 Å². The highest BCUT2D eigenvalue weighted by atomic mass is 16.6. The lowest BCUT2D eigenvalue weighted by Crippen LogP contribution is -2.26. The molecule has 1 amide bonds. The lowest BCUT2D eigenvalue weighted by Gasteiger charge is -2.17. The number of aldehydes is 1. The number of carbonyl (C=O) groups is 2. The maximum absolute atomic E-state index is 12.1. The minimum absolute atomic E-state index is 0.0351. The van der Waals surface area contributed by atoms with Crippen LogP contribution in [-0.2, 0) is 4.79 Å². The Morgan fingerprint density at radius 3 is 2.60 bits per heavy atom. The number of para-hydroxylation sites is 1. The zero-order valence-corrected chi connectivity index (χ0v) is 13.8. The molecule has 7 nitrogen and oxygen atoms in total. The van der Waals surface area contributed by atoms with Gasteiger partial charge in [-0.25, -0.2) is 0 Å². The highest BCUT2D eigenvalue weighted by Crippen LogP contribution is 2.22. The summed E-state index contributed by atoms with van der Waals surface area (Å²) in [4.78, 5) is 34.8. The first kappa shape index (κ1) is 18.1. The number of rotatable bonds is 8. The number of hydrogen-bond donors (Lipinski definition) is 0. The van der Waals surface area contributed by atoms with Gasteiger partial charge in [-0.05, 0) is 30.7 Å². The third-order valence-corrected chi connectivity index (χ3v) is 3.64. The molecule has 0 saturated heterocycles. The van der Waals surface area contributed by atoms with E-state index in [2.05, 4.69) is 0 Å². The summed E-state index contributed by atoms with van der Waals surface area (Å²) < 4.78 is 5.47. The fourth-order valence-electron chi connectivity index (χ4n) is 2.26. The van der Waals surface area contributed by atoms with Crippen LogP contribution in [0.1, 0.15) is 23.2 Å². The van der Waals surface area contributed by atoms with Crippen molar-refractivity contribution in [1.29, 1.82) is 0 Å². The summed E-state index contributed by atoms with van der Waals surface area (Å²) in [5.74, 6) is 0.323. The number of nitro groups is 1. The van der Waals surface area contributed by atoms with Crippen molar-refractivity contribution in [2.75, 3.05) is 18.6 Å². The van der Waals surface area contributed by atoms with Gasteiger partial charge in [0.15, 0.2) is 6.29 Å². The summed E-state index contributed by atoms with van der Waals surface area (Å²) in [5.41, 5.74) is 0.517. The molecule has 2 aromatic rings. The van der Waals surface area contributed by atoms with Gasteiger partial charge in [0, 0.05) is 25.2 Å². The number of ether oxygens (including phenoxy) is 1. The van der Waals surface area contributed by atoms with Gasteiger partial charge in [-0.15, -0.1) is 0 Å². The minimum Gasteiger partial charge on any atom is -0.494 e. The molecule has 0 aromatic heterocycles. The standard InChI is InChI=1S/C18H18N2O5/c1-19(15-6-3-2-4-7-15)18(22)8-5-11-25-16-9-10-17(20(23)24)14(12-16)13-21/h2-4,6-7,9-10,12-13H,5,8,11H2,1H3. The van der Waals surface area contributed by atoms with Crippen molar-refractivity contribution < 1.29 is 19.2 Å². The zero-order chi connectivity index (χ0) is 18.2. The SMILES string of the molecule is CN(C(=O)CCCOc1ccc([N+](=O)[O-])c(C=O)c1)c1ccccc1. The van der Waals surface area contributed by atoms with Crippen LogP contribution in [0.4, 0.5) is 11.4 Å². The van der Waals surface area contributed by atoms with E-state index in [4.69, 9.17) is 4.74 Å². The first-order chi connectivity index (χ1) is 12.0. The molecule has 0 unspecified atom stereocenters. The second-order valence-corrected chi connectivity index (χ2v) is 5.34. The number of nitrogens with zero attached hydrogens (tertiary/aromatic N) is 2. The Kier molecular flexibility index (Phi) is 6.22. The fourth-order valence-corrected chi connectivity index (χ4v) is 2.26. The maximum Gasteiger partial charge on any atom is 0.280 e. The average Bonchev–Trinajstić information content (AvgIpc) is 2.64. The Labute approximate surface area is 145 Å². The maximum atomic E-state index is 12.1. The molecule has 25 heavy (non-hydrogen) atoms. The highest BCUT2D eigenvalue weighted by molar-refractivity contribution is 5.92. The first-order valence-electron chi connectivity index (χ1n) is 7.71. The molecule has 130 valence electrons. The molecule has 0 atom stereocenters. The Morgan fingerprint density at radius 1 is 1.24 bits per heavy atom. The van der Waals surface area contributed by atoms with Crippen LogP contribution in [-0.4, -0.2) is 30.8 Å². The van der Waals surface area contributed by atoms with Gasteiger partial charge in [-0.3, -0.25) is 19.7 Å². The van der Waals surface area contributed by atoms with E-state index in [9.17, 15) is 19.7 Å². The molecule has 2 rings (SSSR count). The number of benzene rings is 2. The Balaban J connectivity index is 1.84. The third-order valence-electron chi connectivity index (χ3n) is 3.64. The van der Waals surface area contributed by atoms with E-state index in [0.717, 1.165) is 5.69 Å². The molecule has 0 N–H and O–H groups in total. The third kappa shape index (κ3) is 4.87. The molecule has 7 heteroatoms. The van der Waals surface area contributed by atoms with Crippen molar-refractivity contribution in [3.63, 3.8) is 0 Å². The number of nitro benzene ring substituents is 1. The molecule has 0 radical (unpaired) electrons. The van der Waals surface area contributed by atoms with Crippen LogP contribution in [0.2, 0.25) is 0 Å². The Hall–Kier alpha value is -3.22. The molecule has 0 fully saturated rings. The predicted octanol–water partition coefficient (Wildman–Crippen LogP) is 3.23. The molecule has 0 spiro atoms. The van der Waals surface area contributed by atoms with Gasteiger partial charge in [-0.1, -0.05) is 18.2 Å². The molecule has 0 bridgehead atoms. The van der Waals surface area contributed by atoms with Crippen LogP contribution in [0, 0.1) is 10.1 Å². The van der Waals surface area contributed by atoms with Crippen LogP contribution in [0.3, 0.4) is 0 Å². The van der Waals surface area contributed by atoms with E-state index in [1.807, 2.05) is 30.3 Å². The van der Waals surface area contributed by atoms with Crippen LogP contribution < -0.4 is 9.64 Å². The topological polar surface area (TPSA) is 89.8 Å². The summed E-state index contributed by atoms with van der Waals surface area (Å²) >= 11 is 0. The molecule has 0 aliphatic carbocycles. The van der Waals surface area contributed by atoms with Crippen molar-refractivity contribution in [1.82, 2.24) is 0 Å². The number of hydrogen-bond acceptors (Lipinski definition) is 5. The highest BCUT2D eigenvalue weighted by Gasteiger charge is 2.14. The van der Waals surface area contributed by atoms with Gasteiger partial charge in [0.2, 0.25) is 5.91 Å². The Bertz CT molecular complexity index is 761. The van der Waals surface area contributed by atoms with Crippen molar-refractivity contribution in [3.8, 4) is 5.75 Å². The van der Waals surface area contributed by atoms with Gasteiger partial charge in [0.05, 0.1) is 17.1 Å². The van der Waals surface area contributed by atoms with E-state index >= 15 is 0 Å². The van der Waals surface area contributed by atoms with Crippen molar-refractivity contribution in [3.05, 3.63) is 64.2 Å². The largest absolute Gasteiger partial charge is 0.494 e. The Morgan fingerprint density at radius 2 is 1.96 bits per heavy atom. The van der Waals surface area contributed by atoms with Crippen molar-refractivity contribution in [2.24, 2.45) is 0 Å². The molecule has 0 aliphatic heterocycles. The number of amides is 1. The first-order valence-corrected chi connectivity index (χ1v) is 7.71. The van der Waals surface area contributed by atoms with E-state index < -0.39 is 4.92 Å². The fraction of sp³-hybridized carbons (Fsp3) is 0.222. The van der Waals surface area contributed by atoms with E-state index in [-0.39, 0.29) is 23.8 Å². The van der Waals surface area contributed by atoms with Gasteiger partial charge in [0.1, 0.15) is 5.75 Å². The van der Waals surface area contributed by atoms with Gasteiger partial charge >= 0.3 is 0 Å². The van der Waals surface area contributed by atoms with Crippen LogP contribution in [0.5, 0.6) is 5.75 Å². The van der Waals surface area contributed by atoms with Gasteiger partial charge in [-0.2, -0.15) is 0 Å². The second-order valence-electron chi connectivity index (χ2n) is 5.34. The number of carbonyl (C=O) groups excluding carboxylic acids is 2. The quantitative estimate of drug-likeness (QED) is 0.318. The smallest absolute Gasteiger partial charge is 0.280 e. The minimum atomic E-state index is -0.619. The summed E-state index contributed by atoms with van der Waals surface area (Å²) in [6.07, 6.45) is 1.21. The number of anilines is 1. The van der Waals surface area contributed by atoms with Gasteiger partial charge in [0.25, 0.3) is 5.69 Å². The summed E-state index contributed by atoms with van der Waals surface area (Å²) in [7, 11) is 1.71. The lowest BCUT2D eigenvalue weighted by molar-refractivity contribution is -0.385. The molecule has 0 aliphatic rings. The molecule has 0 saturated carbocycles. The van der Waals surface area contributed by atoms with Crippen LogP contribution in [0.25, 0.3) is 0 Å². The van der Waals surface area contributed by atoms with E-state index in [1.54, 1.807) is 11.9 Å². The van der Waals surface area contributed by atoms with E-state index in [1.165, 1.54) is 18.2 Å². The molecule has 0 heterocycles. The lowest BCUT2D eigenvalue weighted by atomic mass is 10.2. The summed E-state index contributed by atoms with van der Waals surface area (Å²) in [6, 6.07) is 13.3. The monoisotopic (exact) mass is 342 g/mol. The summed E-state index contributed by atoms with van der Waals surface area (Å²) in [5, 5.41) is 10.8.